The molecular formula is C27H22ClNO5. The Morgan fingerprint density at radius 3 is 2.53 bits per heavy atom. The summed E-state index contributed by atoms with van der Waals surface area (Å²) in [5.74, 6) is -0.174. The van der Waals surface area contributed by atoms with Gasteiger partial charge in [0.05, 0.1) is 24.1 Å². The van der Waals surface area contributed by atoms with Crippen LogP contribution in [0.5, 0.6) is 11.5 Å². The van der Waals surface area contributed by atoms with Crippen molar-refractivity contribution >= 4 is 28.5 Å². The van der Waals surface area contributed by atoms with Gasteiger partial charge < -0.3 is 19.2 Å². The molecule has 2 heterocycles. The number of phenolic OH excluding ortho intramolecular Hbond substituents is 1. The average molecular weight is 476 g/mol. The highest BCUT2D eigenvalue weighted by molar-refractivity contribution is 6.31. The fourth-order valence-electron chi connectivity index (χ4n) is 4.46. The summed E-state index contributed by atoms with van der Waals surface area (Å²) >= 11 is 6.40. The molecule has 5 rings (SSSR count). The molecule has 6 nitrogen and oxygen atoms in total. The molecule has 1 aromatic heterocycles. The molecule has 0 bridgehead atoms. The summed E-state index contributed by atoms with van der Waals surface area (Å²) in [4.78, 5) is 29.0. The molecule has 0 aliphatic carbocycles. The molecule has 0 saturated heterocycles. The molecular weight excluding hydrogens is 454 g/mol. The lowest BCUT2D eigenvalue weighted by atomic mass is 9.97. The molecule has 1 N–H and O–H groups in total. The Kier molecular flexibility index (Phi) is 5.33. The van der Waals surface area contributed by atoms with E-state index < -0.39 is 11.9 Å². The Hall–Kier alpha value is -3.77. The van der Waals surface area contributed by atoms with E-state index in [0.717, 1.165) is 16.7 Å². The molecule has 0 saturated carbocycles. The predicted molar refractivity (Wildman–Crippen MR) is 130 cm³/mol. The molecule has 1 aliphatic rings. The summed E-state index contributed by atoms with van der Waals surface area (Å²) < 4.78 is 11.3. The topological polar surface area (TPSA) is 80.0 Å². The highest BCUT2D eigenvalue weighted by atomic mass is 35.5. The van der Waals surface area contributed by atoms with Gasteiger partial charge in [-0.2, -0.15) is 0 Å². The number of phenols is 1. The van der Waals surface area contributed by atoms with Crippen molar-refractivity contribution < 1.29 is 19.1 Å². The lowest BCUT2D eigenvalue weighted by Crippen LogP contribution is -2.29. The Morgan fingerprint density at radius 2 is 1.79 bits per heavy atom. The second-order valence-corrected chi connectivity index (χ2v) is 8.87. The third-order valence-electron chi connectivity index (χ3n) is 6.40. The van der Waals surface area contributed by atoms with E-state index in [1.54, 1.807) is 35.2 Å². The number of hydrogen-bond acceptors (Lipinski definition) is 5. The van der Waals surface area contributed by atoms with Crippen LogP contribution in [0.25, 0.3) is 11.0 Å². The molecule has 1 atom stereocenters. The molecule has 34 heavy (non-hydrogen) atoms. The van der Waals surface area contributed by atoms with Gasteiger partial charge in [0, 0.05) is 11.6 Å². The second-order valence-electron chi connectivity index (χ2n) is 8.46. The van der Waals surface area contributed by atoms with Crippen molar-refractivity contribution in [2.45, 2.75) is 26.4 Å². The average Bonchev–Trinajstić information content (AvgIpc) is 3.09. The zero-order chi connectivity index (χ0) is 24.1. The fourth-order valence-corrected chi connectivity index (χ4v) is 4.66. The van der Waals surface area contributed by atoms with Gasteiger partial charge in [-0.25, -0.2) is 0 Å². The van der Waals surface area contributed by atoms with Crippen LogP contribution in [0.2, 0.25) is 5.02 Å². The van der Waals surface area contributed by atoms with Crippen LogP contribution in [0.15, 0.2) is 63.8 Å². The number of amides is 1. The van der Waals surface area contributed by atoms with Crippen LogP contribution in [-0.4, -0.2) is 23.0 Å². The van der Waals surface area contributed by atoms with E-state index in [4.69, 9.17) is 20.8 Å². The fraction of sp³-hybridized carbons (Fsp3) is 0.185. The summed E-state index contributed by atoms with van der Waals surface area (Å²) in [6, 6.07) is 14.9. The van der Waals surface area contributed by atoms with Crippen LogP contribution in [0.1, 0.15) is 44.4 Å². The minimum absolute atomic E-state index is 0.0184. The van der Waals surface area contributed by atoms with Crippen molar-refractivity contribution in [2.75, 3.05) is 7.11 Å². The zero-order valence-electron chi connectivity index (χ0n) is 18.9. The van der Waals surface area contributed by atoms with Crippen molar-refractivity contribution in [3.63, 3.8) is 0 Å². The highest BCUT2D eigenvalue weighted by Crippen LogP contribution is 2.42. The van der Waals surface area contributed by atoms with E-state index in [1.165, 1.54) is 13.2 Å². The van der Waals surface area contributed by atoms with Crippen molar-refractivity contribution in [2.24, 2.45) is 0 Å². The molecule has 0 radical (unpaired) electrons. The van der Waals surface area contributed by atoms with Gasteiger partial charge >= 0.3 is 0 Å². The summed E-state index contributed by atoms with van der Waals surface area (Å²) in [7, 11) is 1.45. The van der Waals surface area contributed by atoms with Crippen LogP contribution in [0, 0.1) is 13.8 Å². The molecule has 7 heteroatoms. The van der Waals surface area contributed by atoms with Crippen LogP contribution < -0.4 is 10.2 Å². The molecule has 172 valence electrons. The zero-order valence-corrected chi connectivity index (χ0v) is 19.6. The van der Waals surface area contributed by atoms with Crippen LogP contribution in [-0.2, 0) is 6.54 Å². The van der Waals surface area contributed by atoms with E-state index in [1.807, 2.05) is 32.0 Å². The first-order valence-corrected chi connectivity index (χ1v) is 11.2. The SMILES string of the molecule is COc1cc(C2c3c(oc4cc(C)c(C)cc4c3=O)C(=O)N2Cc2ccccc2Cl)ccc1O. The van der Waals surface area contributed by atoms with E-state index >= 15 is 0 Å². The Bertz CT molecular complexity index is 1520. The summed E-state index contributed by atoms with van der Waals surface area (Å²) in [6.45, 7) is 4.03. The number of methoxy groups -OCH3 is 1. The largest absolute Gasteiger partial charge is 0.504 e. The number of ether oxygens (including phenoxy) is 1. The van der Waals surface area contributed by atoms with E-state index in [9.17, 15) is 14.7 Å². The van der Waals surface area contributed by atoms with Gasteiger partial charge in [-0.05, 0) is 66.4 Å². The number of fused-ring (bicyclic) bond motifs is 2. The number of rotatable bonds is 4. The lowest BCUT2D eigenvalue weighted by molar-refractivity contribution is 0.0714. The molecule has 0 fully saturated rings. The standard InChI is InChI=1S/C27H22ClNO5/c1-14-10-18-21(11-15(14)2)34-26-23(25(18)31)24(16-8-9-20(30)22(12-16)33-3)29(27(26)32)13-17-6-4-5-7-19(17)28/h4-12,24,30H,13H2,1-3H3. The van der Waals surface area contributed by atoms with E-state index in [-0.39, 0.29) is 34.8 Å². The summed E-state index contributed by atoms with van der Waals surface area (Å²) in [6.07, 6.45) is 0. The van der Waals surface area contributed by atoms with Gasteiger partial charge in [-0.3, -0.25) is 9.59 Å². The van der Waals surface area contributed by atoms with Crippen LogP contribution >= 0.6 is 11.6 Å². The quantitative estimate of drug-likeness (QED) is 0.420. The van der Waals surface area contributed by atoms with Gasteiger partial charge in [0.15, 0.2) is 16.9 Å². The third-order valence-corrected chi connectivity index (χ3v) is 6.77. The minimum Gasteiger partial charge on any atom is -0.504 e. The number of carbonyl (C=O) groups is 1. The van der Waals surface area contributed by atoms with Crippen molar-refractivity contribution in [1.82, 2.24) is 4.90 Å². The predicted octanol–water partition coefficient (Wildman–Crippen LogP) is 5.52. The lowest BCUT2D eigenvalue weighted by Gasteiger charge is -2.26. The number of benzene rings is 3. The van der Waals surface area contributed by atoms with Crippen LogP contribution in [0.4, 0.5) is 0 Å². The maximum Gasteiger partial charge on any atom is 0.291 e. The van der Waals surface area contributed by atoms with E-state index in [0.29, 0.717) is 21.6 Å². The number of halogens is 1. The van der Waals surface area contributed by atoms with Crippen molar-refractivity contribution in [3.8, 4) is 11.5 Å². The molecule has 3 aromatic carbocycles. The smallest absolute Gasteiger partial charge is 0.291 e. The van der Waals surface area contributed by atoms with Gasteiger partial charge in [0.1, 0.15) is 5.58 Å². The Balaban J connectivity index is 1.77. The van der Waals surface area contributed by atoms with Gasteiger partial charge in [0.2, 0.25) is 5.76 Å². The summed E-state index contributed by atoms with van der Waals surface area (Å²) in [5.41, 5.74) is 3.66. The first kappa shape index (κ1) is 22.0. The molecule has 0 spiro atoms. The molecule has 1 amide bonds. The van der Waals surface area contributed by atoms with Gasteiger partial charge in [0.25, 0.3) is 5.91 Å². The number of carbonyl (C=O) groups excluding carboxylic acids is 1. The van der Waals surface area contributed by atoms with Crippen LogP contribution in [0.3, 0.4) is 0 Å². The first-order valence-electron chi connectivity index (χ1n) is 10.8. The van der Waals surface area contributed by atoms with Crippen molar-refractivity contribution in [3.05, 3.63) is 103 Å². The number of hydrogen-bond donors (Lipinski definition) is 1. The van der Waals surface area contributed by atoms with Gasteiger partial charge in [-0.15, -0.1) is 0 Å². The molecule has 4 aromatic rings. The second kappa shape index (κ2) is 8.22. The maximum absolute atomic E-state index is 13.8. The Labute approximate surface area is 201 Å². The van der Waals surface area contributed by atoms with Crippen molar-refractivity contribution in [1.29, 1.82) is 0 Å². The maximum atomic E-state index is 13.8. The number of aromatic hydroxyl groups is 1. The minimum atomic E-state index is -0.740. The Morgan fingerprint density at radius 1 is 1.06 bits per heavy atom. The normalized spacial score (nSPS) is 15.1. The third kappa shape index (κ3) is 3.42. The monoisotopic (exact) mass is 475 g/mol. The van der Waals surface area contributed by atoms with Gasteiger partial charge in [-0.1, -0.05) is 35.9 Å². The first-order chi connectivity index (χ1) is 16.3. The number of aryl methyl sites for hydroxylation is 2. The molecule has 1 unspecified atom stereocenters. The molecule has 1 aliphatic heterocycles. The van der Waals surface area contributed by atoms with E-state index in [2.05, 4.69) is 0 Å². The number of nitrogens with zero attached hydrogens (tertiary/aromatic N) is 1. The summed E-state index contributed by atoms with van der Waals surface area (Å²) in [5, 5.41) is 11.1. The highest BCUT2D eigenvalue weighted by Gasteiger charge is 2.43.